The molecule has 0 saturated carbocycles. The van der Waals surface area contributed by atoms with Gasteiger partial charge in [0.15, 0.2) is 5.78 Å². The average molecular weight is 284 g/mol. The smallest absolute Gasteiger partial charge is 0.166 e. The Balaban J connectivity index is 1.63. The summed E-state index contributed by atoms with van der Waals surface area (Å²) in [5.41, 5.74) is 0.604. The molecule has 0 radical (unpaired) electrons. The average Bonchev–Trinajstić information content (AvgIpc) is 2.56. The van der Waals surface area contributed by atoms with Crippen LogP contribution in [0.3, 0.4) is 0 Å². The molecular formula is C17H17FN2O. The molecule has 1 aliphatic rings. The highest BCUT2D eigenvalue weighted by Gasteiger charge is 2.26. The maximum absolute atomic E-state index is 12.9. The van der Waals surface area contributed by atoms with Gasteiger partial charge < -0.3 is 4.90 Å². The summed E-state index contributed by atoms with van der Waals surface area (Å²) in [6.07, 6.45) is 3.41. The van der Waals surface area contributed by atoms with Crippen LogP contribution in [0.1, 0.15) is 23.2 Å². The van der Waals surface area contributed by atoms with E-state index in [-0.39, 0.29) is 17.5 Å². The van der Waals surface area contributed by atoms with Crippen molar-refractivity contribution < 1.29 is 9.18 Å². The van der Waals surface area contributed by atoms with E-state index in [1.807, 2.05) is 18.2 Å². The minimum Gasteiger partial charge on any atom is -0.357 e. The van der Waals surface area contributed by atoms with Gasteiger partial charge in [-0.05, 0) is 49.2 Å². The minimum absolute atomic E-state index is 0.0235. The summed E-state index contributed by atoms with van der Waals surface area (Å²) in [5.74, 6) is 0.799. The van der Waals surface area contributed by atoms with Gasteiger partial charge >= 0.3 is 0 Å². The largest absolute Gasteiger partial charge is 0.357 e. The molecule has 108 valence electrons. The number of ketones is 1. The minimum atomic E-state index is -0.309. The number of benzene rings is 1. The van der Waals surface area contributed by atoms with Crippen molar-refractivity contribution in [1.29, 1.82) is 0 Å². The van der Waals surface area contributed by atoms with Crippen molar-refractivity contribution in [2.75, 3.05) is 18.0 Å². The molecule has 2 heterocycles. The molecule has 21 heavy (non-hydrogen) atoms. The molecule has 0 atom stereocenters. The summed E-state index contributed by atoms with van der Waals surface area (Å²) in [6.45, 7) is 1.66. The lowest BCUT2D eigenvalue weighted by Crippen LogP contribution is -2.36. The highest BCUT2D eigenvalue weighted by atomic mass is 19.1. The number of halogens is 1. The van der Waals surface area contributed by atoms with Crippen LogP contribution < -0.4 is 4.90 Å². The number of hydrogen-bond donors (Lipinski definition) is 0. The highest BCUT2D eigenvalue weighted by molar-refractivity contribution is 5.97. The quantitative estimate of drug-likeness (QED) is 0.811. The van der Waals surface area contributed by atoms with Gasteiger partial charge in [-0.15, -0.1) is 0 Å². The zero-order valence-corrected chi connectivity index (χ0v) is 11.7. The number of carbonyl (C=O) groups excluding carboxylic acids is 1. The number of nitrogens with zero attached hydrogens (tertiary/aromatic N) is 2. The predicted molar refractivity (Wildman–Crippen MR) is 79.9 cm³/mol. The SMILES string of the molecule is O=C(c1ccc(F)cc1)C1CCN(c2ccccn2)CC1. The summed E-state index contributed by atoms with van der Waals surface area (Å²) in [5, 5.41) is 0. The Labute approximate surface area is 123 Å². The molecule has 1 aliphatic heterocycles. The molecule has 0 unspecified atom stereocenters. The first-order chi connectivity index (χ1) is 10.2. The van der Waals surface area contributed by atoms with Crippen LogP contribution in [0, 0.1) is 11.7 Å². The van der Waals surface area contributed by atoms with E-state index in [9.17, 15) is 9.18 Å². The third kappa shape index (κ3) is 3.10. The van der Waals surface area contributed by atoms with E-state index in [4.69, 9.17) is 0 Å². The van der Waals surface area contributed by atoms with Gasteiger partial charge in [-0.3, -0.25) is 4.79 Å². The number of anilines is 1. The molecule has 2 aromatic rings. The first kappa shape index (κ1) is 13.7. The molecule has 0 bridgehead atoms. The van der Waals surface area contributed by atoms with Gasteiger partial charge in [-0.1, -0.05) is 6.07 Å². The van der Waals surface area contributed by atoms with E-state index >= 15 is 0 Å². The molecule has 0 N–H and O–H groups in total. The van der Waals surface area contributed by atoms with Gasteiger partial charge in [0.05, 0.1) is 0 Å². The van der Waals surface area contributed by atoms with E-state index in [2.05, 4.69) is 9.88 Å². The Hall–Kier alpha value is -2.23. The maximum Gasteiger partial charge on any atom is 0.166 e. The van der Waals surface area contributed by atoms with Crippen LogP contribution >= 0.6 is 0 Å². The maximum atomic E-state index is 12.9. The third-order valence-electron chi connectivity index (χ3n) is 3.97. The van der Waals surface area contributed by atoms with Gasteiger partial charge in [-0.2, -0.15) is 0 Å². The lowest BCUT2D eigenvalue weighted by atomic mass is 9.89. The van der Waals surface area contributed by atoms with Crippen LogP contribution in [0.2, 0.25) is 0 Å². The standard InChI is InChI=1S/C17H17FN2O/c18-15-6-4-13(5-7-15)17(21)14-8-11-20(12-9-14)16-3-1-2-10-19-16/h1-7,10,14H,8-9,11-12H2. The number of piperidine rings is 1. The van der Waals surface area contributed by atoms with E-state index < -0.39 is 0 Å². The Bertz CT molecular complexity index is 604. The fourth-order valence-electron chi connectivity index (χ4n) is 2.76. The van der Waals surface area contributed by atoms with Gasteiger partial charge in [-0.25, -0.2) is 9.37 Å². The number of hydrogen-bond acceptors (Lipinski definition) is 3. The summed E-state index contributed by atoms with van der Waals surface area (Å²) < 4.78 is 12.9. The summed E-state index contributed by atoms with van der Waals surface area (Å²) in [7, 11) is 0. The van der Waals surface area contributed by atoms with Gasteiger partial charge in [0.2, 0.25) is 0 Å². The fourth-order valence-corrected chi connectivity index (χ4v) is 2.76. The third-order valence-corrected chi connectivity index (χ3v) is 3.97. The Morgan fingerprint density at radius 2 is 1.81 bits per heavy atom. The van der Waals surface area contributed by atoms with Crippen molar-refractivity contribution in [3.05, 3.63) is 60.0 Å². The van der Waals surface area contributed by atoms with Crippen LogP contribution in [-0.4, -0.2) is 23.9 Å². The topological polar surface area (TPSA) is 33.2 Å². The Morgan fingerprint density at radius 1 is 1.10 bits per heavy atom. The molecule has 3 nitrogen and oxygen atoms in total. The number of carbonyl (C=O) groups is 1. The zero-order chi connectivity index (χ0) is 14.7. The van der Waals surface area contributed by atoms with Crippen molar-refractivity contribution in [1.82, 2.24) is 4.98 Å². The lowest BCUT2D eigenvalue weighted by Gasteiger charge is -2.32. The van der Waals surface area contributed by atoms with E-state index in [1.54, 1.807) is 18.3 Å². The molecule has 0 spiro atoms. The first-order valence-electron chi connectivity index (χ1n) is 7.20. The number of rotatable bonds is 3. The molecule has 0 amide bonds. The normalized spacial score (nSPS) is 16.0. The Morgan fingerprint density at radius 3 is 2.43 bits per heavy atom. The molecule has 4 heteroatoms. The second-order valence-electron chi connectivity index (χ2n) is 5.32. The lowest BCUT2D eigenvalue weighted by molar-refractivity contribution is 0.0900. The number of Topliss-reactive ketones (excluding diaryl/α,β-unsaturated/α-hetero) is 1. The van der Waals surface area contributed by atoms with Crippen LogP contribution in [0.15, 0.2) is 48.7 Å². The van der Waals surface area contributed by atoms with Crippen molar-refractivity contribution in [2.24, 2.45) is 5.92 Å². The van der Waals surface area contributed by atoms with Crippen molar-refractivity contribution in [2.45, 2.75) is 12.8 Å². The zero-order valence-electron chi connectivity index (χ0n) is 11.7. The summed E-state index contributed by atoms with van der Waals surface area (Å²) in [6, 6.07) is 11.7. The molecule has 0 aliphatic carbocycles. The van der Waals surface area contributed by atoms with Crippen LogP contribution in [0.5, 0.6) is 0 Å². The first-order valence-corrected chi connectivity index (χ1v) is 7.20. The fraction of sp³-hybridized carbons (Fsp3) is 0.294. The van der Waals surface area contributed by atoms with Crippen LogP contribution in [-0.2, 0) is 0 Å². The molecule has 1 aromatic carbocycles. The Kier molecular flexibility index (Phi) is 3.95. The second kappa shape index (κ2) is 6.04. The molecule has 1 fully saturated rings. The number of pyridine rings is 1. The molecule has 1 saturated heterocycles. The molecular weight excluding hydrogens is 267 g/mol. The van der Waals surface area contributed by atoms with Crippen molar-refractivity contribution >= 4 is 11.6 Å². The van der Waals surface area contributed by atoms with Gasteiger partial charge in [0, 0.05) is 30.8 Å². The highest BCUT2D eigenvalue weighted by Crippen LogP contribution is 2.24. The molecule has 1 aromatic heterocycles. The van der Waals surface area contributed by atoms with E-state index in [1.165, 1.54) is 12.1 Å². The molecule has 3 rings (SSSR count). The van der Waals surface area contributed by atoms with Gasteiger partial charge in [0.1, 0.15) is 11.6 Å². The van der Waals surface area contributed by atoms with Crippen molar-refractivity contribution in [3.8, 4) is 0 Å². The predicted octanol–water partition coefficient (Wildman–Crippen LogP) is 3.32. The summed E-state index contributed by atoms with van der Waals surface area (Å²) in [4.78, 5) is 18.9. The monoisotopic (exact) mass is 284 g/mol. The van der Waals surface area contributed by atoms with Gasteiger partial charge in [0.25, 0.3) is 0 Å². The van der Waals surface area contributed by atoms with Crippen molar-refractivity contribution in [3.63, 3.8) is 0 Å². The summed E-state index contributed by atoms with van der Waals surface area (Å²) >= 11 is 0. The second-order valence-corrected chi connectivity index (χ2v) is 5.32. The number of aromatic nitrogens is 1. The van der Waals surface area contributed by atoms with Crippen LogP contribution in [0.4, 0.5) is 10.2 Å². The van der Waals surface area contributed by atoms with Crippen LogP contribution in [0.25, 0.3) is 0 Å². The van der Waals surface area contributed by atoms with E-state index in [0.717, 1.165) is 31.7 Å². The van der Waals surface area contributed by atoms with E-state index in [0.29, 0.717) is 5.56 Å².